The van der Waals surface area contributed by atoms with Gasteiger partial charge >= 0.3 is 0 Å². The Kier molecular flexibility index (Phi) is 6.55. The molecule has 36 heavy (non-hydrogen) atoms. The maximum Gasteiger partial charge on any atom is 0.152 e. The fourth-order valence-electron chi connectivity index (χ4n) is 3.41. The Balaban J connectivity index is 1.77. The van der Waals surface area contributed by atoms with Crippen molar-refractivity contribution in [3.8, 4) is 11.5 Å². The molecule has 0 saturated carbocycles. The molecule has 11 nitrogen and oxygen atoms in total. The summed E-state index contributed by atoms with van der Waals surface area (Å²) in [6.45, 7) is 1.76. The number of azo groups is 2. The largest absolute Gasteiger partial charge is 0.744 e. The zero-order chi connectivity index (χ0) is 26.0. The third-order valence-corrected chi connectivity index (χ3v) is 6.12. The number of hydrogen-bond acceptors (Lipinski definition) is 11. The second kappa shape index (κ2) is 9.60. The Hall–Kier alpha value is -4.55. The van der Waals surface area contributed by atoms with Crippen molar-refractivity contribution in [2.75, 3.05) is 18.6 Å². The van der Waals surface area contributed by atoms with Crippen LogP contribution in [-0.4, -0.2) is 25.2 Å². The molecule has 0 fully saturated rings. The van der Waals surface area contributed by atoms with E-state index in [1.54, 1.807) is 43.3 Å². The molecule has 0 aliphatic heterocycles. The van der Waals surface area contributed by atoms with Gasteiger partial charge in [-0.2, -0.15) is 10.2 Å². The highest BCUT2D eigenvalue weighted by Gasteiger charge is 2.18. The van der Waals surface area contributed by atoms with Crippen LogP contribution in [0.4, 0.5) is 34.1 Å². The van der Waals surface area contributed by atoms with Gasteiger partial charge in [0, 0.05) is 22.8 Å². The average molecular weight is 506 g/mol. The van der Waals surface area contributed by atoms with E-state index in [0.29, 0.717) is 33.7 Å². The highest BCUT2D eigenvalue weighted by Crippen LogP contribution is 2.43. The van der Waals surface area contributed by atoms with E-state index in [1.165, 1.54) is 25.3 Å². The van der Waals surface area contributed by atoms with Crippen molar-refractivity contribution in [2.24, 2.45) is 20.5 Å². The molecular formula is C24H21N6O5S-. The summed E-state index contributed by atoms with van der Waals surface area (Å²) in [6.07, 6.45) is 0. The summed E-state index contributed by atoms with van der Waals surface area (Å²) in [4.78, 5) is -0.717. The number of phenolic OH excluding ortho intramolecular Hbond substituents is 1. The van der Waals surface area contributed by atoms with E-state index in [-0.39, 0.29) is 16.8 Å². The molecule has 0 saturated heterocycles. The molecule has 0 aliphatic carbocycles. The van der Waals surface area contributed by atoms with Crippen molar-refractivity contribution in [2.45, 2.75) is 11.8 Å². The van der Waals surface area contributed by atoms with Crippen LogP contribution in [-0.2, 0) is 10.1 Å². The van der Waals surface area contributed by atoms with Crippen LogP contribution in [0.2, 0.25) is 0 Å². The molecule has 4 aromatic carbocycles. The van der Waals surface area contributed by atoms with Gasteiger partial charge in [0.05, 0.1) is 23.4 Å². The second-order valence-electron chi connectivity index (χ2n) is 7.81. The molecule has 12 heteroatoms. The van der Waals surface area contributed by atoms with Crippen molar-refractivity contribution in [1.29, 1.82) is 0 Å². The molecule has 5 N–H and O–H groups in total. The number of phenols is 1. The molecule has 0 bridgehead atoms. The number of anilines is 2. The lowest BCUT2D eigenvalue weighted by atomic mass is 10.1. The number of nitrogens with two attached hydrogens (primary N) is 2. The van der Waals surface area contributed by atoms with Crippen molar-refractivity contribution < 1.29 is 22.8 Å². The number of hydrogen-bond donors (Lipinski definition) is 3. The summed E-state index contributed by atoms with van der Waals surface area (Å²) in [5, 5.41) is 27.7. The van der Waals surface area contributed by atoms with E-state index in [4.69, 9.17) is 16.2 Å². The Morgan fingerprint density at radius 2 is 1.53 bits per heavy atom. The van der Waals surface area contributed by atoms with Gasteiger partial charge in [0.15, 0.2) is 5.75 Å². The van der Waals surface area contributed by atoms with Crippen LogP contribution in [0.15, 0.2) is 86.0 Å². The van der Waals surface area contributed by atoms with E-state index in [9.17, 15) is 18.1 Å². The molecule has 184 valence electrons. The first-order chi connectivity index (χ1) is 17.1. The fraction of sp³-hybridized carbons (Fsp3) is 0.0833. The van der Waals surface area contributed by atoms with E-state index in [1.807, 2.05) is 0 Å². The van der Waals surface area contributed by atoms with Gasteiger partial charge in [-0.05, 0) is 66.4 Å². The summed E-state index contributed by atoms with van der Waals surface area (Å²) >= 11 is 0. The smallest absolute Gasteiger partial charge is 0.152 e. The van der Waals surface area contributed by atoms with Crippen LogP contribution in [0.3, 0.4) is 0 Å². The van der Waals surface area contributed by atoms with Gasteiger partial charge in [-0.1, -0.05) is 6.07 Å². The monoisotopic (exact) mass is 505 g/mol. The first kappa shape index (κ1) is 24.6. The lowest BCUT2D eigenvalue weighted by Crippen LogP contribution is -1.99. The van der Waals surface area contributed by atoms with Gasteiger partial charge in [0.25, 0.3) is 0 Å². The van der Waals surface area contributed by atoms with Crippen molar-refractivity contribution >= 4 is 55.0 Å². The van der Waals surface area contributed by atoms with Crippen LogP contribution in [0.1, 0.15) is 5.56 Å². The standard InChI is InChI=1S/C24H22N6O5S/c1-13-9-20(21(35-2)12-19(13)28-27-17-7-5-15(25)6-8-17)29-30-23-22(36(32,33)34)10-14-3-4-16(26)11-18(14)24(23)31/h3-12,31H,25-26H2,1-2H3,(H,32,33,34)/p-1. The molecule has 0 aliphatic rings. The van der Waals surface area contributed by atoms with Crippen LogP contribution in [0.5, 0.6) is 11.5 Å². The first-order valence-electron chi connectivity index (χ1n) is 10.5. The minimum Gasteiger partial charge on any atom is -0.744 e. The summed E-state index contributed by atoms with van der Waals surface area (Å²) in [5.74, 6) is -0.283. The lowest BCUT2D eigenvalue weighted by molar-refractivity contribution is 0.416. The molecule has 0 unspecified atom stereocenters. The van der Waals surface area contributed by atoms with E-state index in [2.05, 4.69) is 20.5 Å². The number of aromatic hydroxyl groups is 1. The normalized spacial score (nSPS) is 12.1. The Labute approximate surface area is 206 Å². The zero-order valence-electron chi connectivity index (χ0n) is 19.2. The van der Waals surface area contributed by atoms with E-state index in [0.717, 1.165) is 6.07 Å². The van der Waals surface area contributed by atoms with Gasteiger partial charge in [0.1, 0.15) is 27.2 Å². The lowest BCUT2D eigenvalue weighted by Gasteiger charge is -2.14. The first-order valence-corrected chi connectivity index (χ1v) is 11.9. The second-order valence-corrected chi connectivity index (χ2v) is 9.16. The number of nitrogens with zero attached hydrogens (tertiary/aromatic N) is 4. The van der Waals surface area contributed by atoms with Crippen molar-refractivity contribution in [3.05, 3.63) is 66.2 Å². The SMILES string of the molecule is COc1cc(N=Nc2ccc(N)cc2)c(C)cc1N=Nc1c(S(=O)(=O)[O-])cc2ccc(N)cc2c1O. The summed E-state index contributed by atoms with van der Waals surface area (Å²) in [5.41, 5.74) is 13.9. The average Bonchev–Trinajstić information content (AvgIpc) is 2.83. The van der Waals surface area contributed by atoms with Crippen LogP contribution < -0.4 is 16.2 Å². The molecule has 0 atom stereocenters. The number of nitrogen functional groups attached to an aromatic ring is 2. The predicted molar refractivity (Wildman–Crippen MR) is 135 cm³/mol. The predicted octanol–water partition coefficient (Wildman–Crippen LogP) is 5.76. The number of aryl methyl sites for hydroxylation is 1. The third-order valence-electron chi connectivity index (χ3n) is 5.27. The highest BCUT2D eigenvalue weighted by atomic mass is 32.2. The van der Waals surface area contributed by atoms with E-state index >= 15 is 0 Å². The molecule has 4 aromatic rings. The summed E-state index contributed by atoms with van der Waals surface area (Å²) in [7, 11) is -3.58. The molecule has 0 heterocycles. The van der Waals surface area contributed by atoms with Gasteiger partial charge in [-0.3, -0.25) is 0 Å². The number of fused-ring (bicyclic) bond motifs is 1. The summed E-state index contributed by atoms with van der Waals surface area (Å²) in [6, 6.07) is 15.6. The van der Waals surface area contributed by atoms with Gasteiger partial charge < -0.3 is 25.9 Å². The third kappa shape index (κ3) is 5.09. The van der Waals surface area contributed by atoms with Crippen LogP contribution in [0.25, 0.3) is 10.8 Å². The molecule has 0 aromatic heterocycles. The Bertz CT molecular complexity index is 1630. The van der Waals surface area contributed by atoms with Crippen LogP contribution in [0, 0.1) is 6.92 Å². The topological polar surface area (TPSA) is 188 Å². The Morgan fingerprint density at radius 1 is 0.861 bits per heavy atom. The van der Waals surface area contributed by atoms with Crippen molar-refractivity contribution in [3.63, 3.8) is 0 Å². The maximum absolute atomic E-state index is 11.9. The van der Waals surface area contributed by atoms with Crippen LogP contribution >= 0.6 is 0 Å². The Morgan fingerprint density at radius 3 is 2.19 bits per heavy atom. The molecule has 0 spiro atoms. The van der Waals surface area contributed by atoms with E-state index < -0.39 is 26.5 Å². The minimum absolute atomic E-state index is 0.211. The molecule has 0 amide bonds. The highest BCUT2D eigenvalue weighted by molar-refractivity contribution is 7.86. The molecule has 4 rings (SSSR count). The molecule has 0 radical (unpaired) electrons. The number of benzene rings is 4. The molecular weight excluding hydrogens is 484 g/mol. The number of methoxy groups -OCH3 is 1. The quantitative estimate of drug-likeness (QED) is 0.168. The van der Waals surface area contributed by atoms with Crippen molar-refractivity contribution in [1.82, 2.24) is 0 Å². The maximum atomic E-state index is 11.9. The minimum atomic E-state index is -4.99. The van der Waals surface area contributed by atoms with Gasteiger partial charge in [-0.15, -0.1) is 10.2 Å². The van der Waals surface area contributed by atoms with Gasteiger partial charge in [0.2, 0.25) is 0 Å². The number of ether oxygens (including phenoxy) is 1. The number of rotatable bonds is 6. The fourth-order valence-corrected chi connectivity index (χ4v) is 4.06. The zero-order valence-corrected chi connectivity index (χ0v) is 20.0. The van der Waals surface area contributed by atoms with Gasteiger partial charge in [-0.25, -0.2) is 8.42 Å². The summed E-state index contributed by atoms with van der Waals surface area (Å²) < 4.78 is 41.1.